The summed E-state index contributed by atoms with van der Waals surface area (Å²) in [6.45, 7) is 0. The molecule has 0 aliphatic heterocycles. The van der Waals surface area contributed by atoms with E-state index < -0.39 is 0 Å². The average molecular weight is 206 g/mol. The predicted octanol–water partition coefficient (Wildman–Crippen LogP) is 2.21. The van der Waals surface area contributed by atoms with E-state index in [1.54, 1.807) is 0 Å². The summed E-state index contributed by atoms with van der Waals surface area (Å²) in [5.74, 6) is 0.180. The van der Waals surface area contributed by atoms with Crippen LogP contribution >= 0.6 is 23.2 Å². The Morgan fingerprint density at radius 3 is 2.75 bits per heavy atom. The van der Waals surface area contributed by atoms with E-state index in [0.29, 0.717) is 6.29 Å². The van der Waals surface area contributed by atoms with Crippen LogP contribution in [0.5, 0.6) is 5.88 Å². The fourth-order valence-electron chi connectivity index (χ4n) is 0.713. The average Bonchev–Trinajstić information content (AvgIpc) is 2.09. The van der Waals surface area contributed by atoms with Crippen molar-refractivity contribution >= 4 is 29.5 Å². The molecule has 3 nitrogen and oxygen atoms in total. The molecule has 0 saturated heterocycles. The third-order valence-electron chi connectivity index (χ3n) is 1.25. The fraction of sp³-hybridized carbons (Fsp3) is 0.143. The molecule has 0 fully saturated rings. The molecule has 1 aromatic rings. The third-order valence-corrected chi connectivity index (χ3v) is 1.92. The van der Waals surface area contributed by atoms with Crippen molar-refractivity contribution in [3.8, 4) is 5.88 Å². The largest absolute Gasteiger partial charge is 0.480 e. The summed E-state index contributed by atoms with van der Waals surface area (Å²) in [6, 6.07) is 1.41. The zero-order valence-electron chi connectivity index (χ0n) is 6.17. The van der Waals surface area contributed by atoms with Gasteiger partial charge in [-0.05, 0) is 6.07 Å². The Balaban J connectivity index is 3.28. The second-order valence-corrected chi connectivity index (χ2v) is 2.74. The number of halogens is 2. The standard InChI is InChI=1S/C7H5Cl2NO2/c1-12-7-4(3-11)2-5(8)6(9)10-7/h2-3H,1H3. The highest BCUT2D eigenvalue weighted by atomic mass is 35.5. The van der Waals surface area contributed by atoms with Gasteiger partial charge in [0, 0.05) is 0 Å². The van der Waals surface area contributed by atoms with Gasteiger partial charge in [-0.2, -0.15) is 4.98 Å². The summed E-state index contributed by atoms with van der Waals surface area (Å²) in [5.41, 5.74) is 0.284. The smallest absolute Gasteiger partial charge is 0.225 e. The summed E-state index contributed by atoms with van der Waals surface area (Å²) in [5, 5.41) is 0.360. The number of rotatable bonds is 2. The van der Waals surface area contributed by atoms with E-state index in [1.807, 2.05) is 0 Å². The molecule has 1 rings (SSSR count). The lowest BCUT2D eigenvalue weighted by atomic mass is 10.3. The molecule has 0 aromatic carbocycles. The van der Waals surface area contributed by atoms with E-state index in [9.17, 15) is 4.79 Å². The lowest BCUT2D eigenvalue weighted by Gasteiger charge is -2.02. The van der Waals surface area contributed by atoms with Crippen LogP contribution in [0.25, 0.3) is 0 Å². The molecule has 0 aliphatic carbocycles. The van der Waals surface area contributed by atoms with Gasteiger partial charge in [-0.1, -0.05) is 23.2 Å². The van der Waals surface area contributed by atoms with E-state index in [-0.39, 0.29) is 21.6 Å². The summed E-state index contributed by atoms with van der Waals surface area (Å²) in [4.78, 5) is 14.2. The maximum atomic E-state index is 10.4. The summed E-state index contributed by atoms with van der Waals surface area (Å²) in [7, 11) is 1.40. The van der Waals surface area contributed by atoms with E-state index in [0.717, 1.165) is 0 Å². The molecule has 1 aromatic heterocycles. The number of pyridine rings is 1. The molecule has 5 heteroatoms. The maximum absolute atomic E-state index is 10.4. The molecule has 0 bridgehead atoms. The lowest BCUT2D eigenvalue weighted by molar-refractivity contribution is 0.112. The number of nitrogens with zero attached hydrogens (tertiary/aromatic N) is 1. The van der Waals surface area contributed by atoms with Crippen LogP contribution in [0.3, 0.4) is 0 Å². The SMILES string of the molecule is COc1nc(Cl)c(Cl)cc1C=O. The topological polar surface area (TPSA) is 39.2 Å². The van der Waals surface area contributed by atoms with Gasteiger partial charge in [0.25, 0.3) is 0 Å². The van der Waals surface area contributed by atoms with Crippen molar-refractivity contribution in [1.29, 1.82) is 0 Å². The Hall–Kier alpha value is -0.800. The summed E-state index contributed by atoms with van der Waals surface area (Å²) < 4.78 is 4.79. The Morgan fingerprint density at radius 1 is 1.58 bits per heavy atom. The van der Waals surface area contributed by atoms with Gasteiger partial charge in [0.1, 0.15) is 0 Å². The van der Waals surface area contributed by atoms with Crippen LogP contribution in [0.1, 0.15) is 10.4 Å². The number of hydrogen-bond acceptors (Lipinski definition) is 3. The number of carbonyl (C=O) groups is 1. The Bertz CT molecular complexity index is 315. The third kappa shape index (κ3) is 1.68. The van der Waals surface area contributed by atoms with Crippen LogP contribution in [0, 0.1) is 0 Å². The van der Waals surface area contributed by atoms with Gasteiger partial charge in [-0.15, -0.1) is 0 Å². The molecule has 0 atom stereocenters. The van der Waals surface area contributed by atoms with Crippen molar-refractivity contribution in [3.05, 3.63) is 21.8 Å². The number of carbonyl (C=O) groups excluding carboxylic acids is 1. The quantitative estimate of drug-likeness (QED) is 0.550. The minimum atomic E-state index is 0.124. The Morgan fingerprint density at radius 2 is 2.25 bits per heavy atom. The van der Waals surface area contributed by atoms with Gasteiger partial charge in [0.15, 0.2) is 11.4 Å². The highest BCUT2D eigenvalue weighted by Gasteiger charge is 2.08. The molecule has 0 radical (unpaired) electrons. The highest BCUT2D eigenvalue weighted by Crippen LogP contribution is 2.25. The van der Waals surface area contributed by atoms with Crippen molar-refractivity contribution in [1.82, 2.24) is 4.98 Å². The molecule has 64 valence electrons. The zero-order valence-corrected chi connectivity index (χ0v) is 7.69. The lowest BCUT2D eigenvalue weighted by Crippen LogP contribution is -1.94. The summed E-state index contributed by atoms with van der Waals surface area (Å²) >= 11 is 11.2. The van der Waals surface area contributed by atoms with Gasteiger partial charge >= 0.3 is 0 Å². The normalized spacial score (nSPS) is 9.58. The van der Waals surface area contributed by atoms with Crippen LogP contribution in [-0.2, 0) is 0 Å². The Kier molecular flexibility index (Phi) is 2.89. The number of hydrogen-bond donors (Lipinski definition) is 0. The molecule has 0 unspecified atom stereocenters. The first-order valence-electron chi connectivity index (χ1n) is 3.04. The minimum Gasteiger partial charge on any atom is -0.480 e. The fourth-order valence-corrected chi connectivity index (χ4v) is 1.00. The first-order chi connectivity index (χ1) is 5.69. The molecule has 0 saturated carbocycles. The van der Waals surface area contributed by atoms with E-state index in [1.165, 1.54) is 13.2 Å². The molecule has 1 heterocycles. The first kappa shape index (κ1) is 9.29. The van der Waals surface area contributed by atoms with E-state index in [4.69, 9.17) is 27.9 Å². The van der Waals surface area contributed by atoms with Gasteiger partial charge in [0.05, 0.1) is 17.7 Å². The van der Waals surface area contributed by atoms with Gasteiger partial charge < -0.3 is 4.74 Å². The molecule has 12 heavy (non-hydrogen) atoms. The number of ether oxygens (including phenoxy) is 1. The molecular formula is C7H5Cl2NO2. The second-order valence-electron chi connectivity index (χ2n) is 1.98. The van der Waals surface area contributed by atoms with Crippen molar-refractivity contribution < 1.29 is 9.53 Å². The van der Waals surface area contributed by atoms with E-state index >= 15 is 0 Å². The summed E-state index contributed by atoms with van der Waals surface area (Å²) in [6.07, 6.45) is 0.605. The van der Waals surface area contributed by atoms with Gasteiger partial charge in [0.2, 0.25) is 5.88 Å². The monoisotopic (exact) mass is 205 g/mol. The zero-order chi connectivity index (χ0) is 9.14. The highest BCUT2D eigenvalue weighted by molar-refractivity contribution is 6.41. The Labute approximate surface area is 79.3 Å². The van der Waals surface area contributed by atoms with Gasteiger partial charge in [-0.25, -0.2) is 0 Å². The number of aldehydes is 1. The molecular weight excluding hydrogens is 201 g/mol. The van der Waals surface area contributed by atoms with Gasteiger partial charge in [-0.3, -0.25) is 4.79 Å². The molecule has 0 amide bonds. The minimum absolute atomic E-state index is 0.124. The van der Waals surface area contributed by atoms with Crippen LogP contribution in [0.2, 0.25) is 10.2 Å². The van der Waals surface area contributed by atoms with Crippen LogP contribution < -0.4 is 4.74 Å². The maximum Gasteiger partial charge on any atom is 0.225 e. The molecule has 0 aliphatic rings. The van der Waals surface area contributed by atoms with Crippen molar-refractivity contribution in [2.75, 3.05) is 7.11 Å². The molecule has 0 spiro atoms. The van der Waals surface area contributed by atoms with Crippen LogP contribution in [0.4, 0.5) is 0 Å². The van der Waals surface area contributed by atoms with E-state index in [2.05, 4.69) is 4.98 Å². The number of methoxy groups -OCH3 is 1. The van der Waals surface area contributed by atoms with Crippen molar-refractivity contribution in [2.45, 2.75) is 0 Å². The van der Waals surface area contributed by atoms with Crippen LogP contribution in [0.15, 0.2) is 6.07 Å². The van der Waals surface area contributed by atoms with Crippen molar-refractivity contribution in [2.24, 2.45) is 0 Å². The van der Waals surface area contributed by atoms with Crippen LogP contribution in [-0.4, -0.2) is 18.4 Å². The molecule has 0 N–H and O–H groups in total. The predicted molar refractivity (Wildman–Crippen MR) is 46.2 cm³/mol. The first-order valence-corrected chi connectivity index (χ1v) is 3.80. The van der Waals surface area contributed by atoms with Crippen molar-refractivity contribution in [3.63, 3.8) is 0 Å². The number of aromatic nitrogens is 1. The second kappa shape index (κ2) is 3.74.